The highest BCUT2D eigenvalue weighted by Gasteiger charge is 2.45. The second-order valence-electron chi connectivity index (χ2n) is 6.28. The third-order valence-electron chi connectivity index (χ3n) is 4.63. The summed E-state index contributed by atoms with van der Waals surface area (Å²) in [5, 5.41) is 0.636. The molecule has 3 aliphatic heterocycles. The van der Waals surface area contributed by atoms with Gasteiger partial charge in [0.2, 0.25) is 0 Å². The number of amides is 3. The zero-order chi connectivity index (χ0) is 15.1. The van der Waals surface area contributed by atoms with Gasteiger partial charge in [-0.3, -0.25) is 19.4 Å². The molecule has 0 aliphatic carbocycles. The van der Waals surface area contributed by atoms with E-state index in [1.54, 1.807) is 4.90 Å². The Bertz CT molecular complexity index is 449. The molecule has 3 saturated heterocycles. The average Bonchev–Trinajstić information content (AvgIpc) is 2.88. The molecule has 2 atom stereocenters. The monoisotopic (exact) mass is 295 g/mol. The van der Waals surface area contributed by atoms with E-state index in [4.69, 9.17) is 4.84 Å². The molecule has 21 heavy (non-hydrogen) atoms. The molecular weight excluding hydrogens is 274 g/mol. The molecule has 3 amide bonds. The topological polar surface area (TPSA) is 70.2 Å². The van der Waals surface area contributed by atoms with Crippen LogP contribution in [0, 0.1) is 0 Å². The number of piperazine rings is 1. The largest absolute Gasteiger partial charge is 0.435 e. The number of likely N-dealkylation sites (tertiary alicyclic amines) is 1. The molecular formula is C14H21N3O4. The summed E-state index contributed by atoms with van der Waals surface area (Å²) in [5.41, 5.74) is 0. The van der Waals surface area contributed by atoms with Crippen molar-refractivity contribution in [1.29, 1.82) is 0 Å². The fourth-order valence-corrected chi connectivity index (χ4v) is 3.44. The van der Waals surface area contributed by atoms with Gasteiger partial charge in [0.1, 0.15) is 0 Å². The van der Waals surface area contributed by atoms with E-state index in [0.717, 1.165) is 25.9 Å². The van der Waals surface area contributed by atoms with Crippen molar-refractivity contribution in [3.63, 3.8) is 0 Å². The van der Waals surface area contributed by atoms with Crippen LogP contribution in [0.4, 0.5) is 4.79 Å². The minimum atomic E-state index is -0.561. The lowest BCUT2D eigenvalue weighted by Crippen LogP contribution is -2.58. The Morgan fingerprint density at radius 3 is 2.10 bits per heavy atom. The molecule has 2 unspecified atom stereocenters. The number of hydrogen-bond donors (Lipinski definition) is 0. The van der Waals surface area contributed by atoms with Crippen LogP contribution in [0.25, 0.3) is 0 Å². The molecule has 3 fully saturated rings. The van der Waals surface area contributed by atoms with E-state index in [-0.39, 0.29) is 24.9 Å². The van der Waals surface area contributed by atoms with Crippen LogP contribution >= 0.6 is 0 Å². The van der Waals surface area contributed by atoms with Crippen LogP contribution in [0.15, 0.2) is 0 Å². The van der Waals surface area contributed by atoms with E-state index in [0.29, 0.717) is 11.1 Å². The van der Waals surface area contributed by atoms with Gasteiger partial charge >= 0.3 is 6.09 Å². The number of carbonyl (C=O) groups excluding carboxylic acids is 3. The van der Waals surface area contributed by atoms with Crippen molar-refractivity contribution >= 4 is 17.9 Å². The minimum Gasteiger partial charge on any atom is -0.311 e. The van der Waals surface area contributed by atoms with Crippen LogP contribution in [0.5, 0.6) is 0 Å². The molecule has 2 bridgehead atoms. The number of hydroxylamine groups is 2. The summed E-state index contributed by atoms with van der Waals surface area (Å²) in [4.78, 5) is 44.5. The van der Waals surface area contributed by atoms with Crippen molar-refractivity contribution in [2.45, 2.75) is 57.7 Å². The quantitative estimate of drug-likeness (QED) is 0.703. The van der Waals surface area contributed by atoms with E-state index in [9.17, 15) is 14.4 Å². The van der Waals surface area contributed by atoms with E-state index >= 15 is 0 Å². The number of imide groups is 1. The number of hydrogen-bond acceptors (Lipinski definition) is 5. The summed E-state index contributed by atoms with van der Waals surface area (Å²) in [6, 6.07) is 0.686. The van der Waals surface area contributed by atoms with E-state index in [1.165, 1.54) is 0 Å². The first kappa shape index (κ1) is 14.3. The van der Waals surface area contributed by atoms with Gasteiger partial charge in [0.25, 0.3) is 11.8 Å². The zero-order valence-corrected chi connectivity index (χ0v) is 12.4. The van der Waals surface area contributed by atoms with Gasteiger partial charge in [-0.1, -0.05) is 0 Å². The molecule has 3 aliphatic rings. The van der Waals surface area contributed by atoms with Crippen molar-refractivity contribution in [3.05, 3.63) is 0 Å². The van der Waals surface area contributed by atoms with E-state index < -0.39 is 17.9 Å². The van der Waals surface area contributed by atoms with Gasteiger partial charge < -0.3 is 4.84 Å². The molecule has 7 nitrogen and oxygen atoms in total. The molecule has 3 rings (SSSR count). The standard InChI is InChI=1S/C14H21N3O4/c1-9(2)15-7-10-3-4-11(8-15)16(10)14(20)21-17-12(18)5-6-13(17)19/h9-11H,3-8H2,1-2H3. The molecule has 3 heterocycles. The first-order valence-electron chi connectivity index (χ1n) is 7.57. The maximum absolute atomic E-state index is 12.3. The second kappa shape index (κ2) is 5.29. The van der Waals surface area contributed by atoms with E-state index in [1.807, 2.05) is 0 Å². The summed E-state index contributed by atoms with van der Waals surface area (Å²) in [5.74, 6) is -0.858. The average molecular weight is 295 g/mol. The number of fused-ring (bicyclic) bond motifs is 2. The molecule has 0 radical (unpaired) electrons. The Kier molecular flexibility index (Phi) is 3.61. The summed E-state index contributed by atoms with van der Waals surface area (Å²) in [6.45, 7) is 5.94. The van der Waals surface area contributed by atoms with E-state index in [2.05, 4.69) is 18.7 Å². The molecule has 0 spiro atoms. The number of carbonyl (C=O) groups is 3. The second-order valence-corrected chi connectivity index (χ2v) is 6.28. The van der Waals surface area contributed by atoms with Gasteiger partial charge in [-0.2, -0.15) is 0 Å². The lowest BCUT2D eigenvalue weighted by molar-refractivity contribution is -0.175. The van der Waals surface area contributed by atoms with Crippen LogP contribution in [-0.4, -0.2) is 64.0 Å². The third-order valence-corrected chi connectivity index (χ3v) is 4.63. The number of rotatable bonds is 2. The Morgan fingerprint density at radius 2 is 1.62 bits per heavy atom. The summed E-state index contributed by atoms with van der Waals surface area (Å²) < 4.78 is 0. The summed E-state index contributed by atoms with van der Waals surface area (Å²) >= 11 is 0. The lowest BCUT2D eigenvalue weighted by atomic mass is 10.1. The smallest absolute Gasteiger partial charge is 0.311 e. The van der Waals surface area contributed by atoms with Gasteiger partial charge in [0.15, 0.2) is 0 Å². The first-order valence-corrected chi connectivity index (χ1v) is 7.57. The van der Waals surface area contributed by atoms with Gasteiger partial charge in [0.05, 0.1) is 0 Å². The van der Waals surface area contributed by atoms with Crippen LogP contribution in [0.3, 0.4) is 0 Å². The van der Waals surface area contributed by atoms with Crippen LogP contribution in [0.2, 0.25) is 0 Å². The Labute approximate surface area is 123 Å². The molecule has 0 aromatic heterocycles. The number of nitrogens with zero attached hydrogens (tertiary/aromatic N) is 3. The molecule has 0 N–H and O–H groups in total. The minimum absolute atomic E-state index is 0.117. The highest BCUT2D eigenvalue weighted by Crippen LogP contribution is 2.32. The molecule has 7 heteroatoms. The fraction of sp³-hybridized carbons (Fsp3) is 0.786. The first-order chi connectivity index (χ1) is 9.97. The molecule has 0 saturated carbocycles. The maximum atomic E-state index is 12.3. The summed E-state index contributed by atoms with van der Waals surface area (Å²) in [6.07, 6.45) is 1.59. The van der Waals surface area contributed by atoms with Crippen molar-refractivity contribution in [3.8, 4) is 0 Å². The zero-order valence-electron chi connectivity index (χ0n) is 12.4. The Morgan fingerprint density at radius 1 is 1.10 bits per heavy atom. The van der Waals surface area contributed by atoms with Gasteiger partial charge in [-0.05, 0) is 26.7 Å². The Hall–Kier alpha value is -1.63. The van der Waals surface area contributed by atoms with Crippen LogP contribution in [-0.2, 0) is 14.4 Å². The normalized spacial score (nSPS) is 29.7. The van der Waals surface area contributed by atoms with Gasteiger partial charge in [0, 0.05) is 44.1 Å². The predicted octanol–water partition coefficient (Wildman–Crippen LogP) is 0.744. The van der Waals surface area contributed by atoms with Crippen molar-refractivity contribution < 1.29 is 19.2 Å². The van der Waals surface area contributed by atoms with Crippen molar-refractivity contribution in [2.24, 2.45) is 0 Å². The molecule has 116 valence electrons. The fourth-order valence-electron chi connectivity index (χ4n) is 3.44. The van der Waals surface area contributed by atoms with Crippen LogP contribution < -0.4 is 0 Å². The Balaban J connectivity index is 1.66. The van der Waals surface area contributed by atoms with Crippen molar-refractivity contribution in [2.75, 3.05) is 13.1 Å². The maximum Gasteiger partial charge on any atom is 0.435 e. The SMILES string of the molecule is CC(C)N1CC2CCC(C1)N2C(=O)ON1C(=O)CCC1=O. The van der Waals surface area contributed by atoms with Crippen LogP contribution in [0.1, 0.15) is 39.5 Å². The predicted molar refractivity (Wildman–Crippen MR) is 72.9 cm³/mol. The summed E-state index contributed by atoms with van der Waals surface area (Å²) in [7, 11) is 0. The highest BCUT2D eigenvalue weighted by atomic mass is 16.7. The lowest BCUT2D eigenvalue weighted by Gasteiger charge is -2.42. The molecule has 0 aromatic rings. The molecule has 0 aromatic carbocycles. The van der Waals surface area contributed by atoms with Gasteiger partial charge in [-0.15, -0.1) is 5.06 Å². The highest BCUT2D eigenvalue weighted by molar-refractivity contribution is 6.01. The van der Waals surface area contributed by atoms with Crippen molar-refractivity contribution in [1.82, 2.24) is 14.9 Å². The third kappa shape index (κ3) is 2.50. The van der Waals surface area contributed by atoms with Gasteiger partial charge in [-0.25, -0.2) is 4.79 Å².